The molecule has 0 saturated carbocycles. The van der Waals surface area contributed by atoms with Crippen LogP contribution in [-0.2, 0) is 6.54 Å². The van der Waals surface area contributed by atoms with E-state index in [0.29, 0.717) is 6.04 Å². The van der Waals surface area contributed by atoms with Gasteiger partial charge in [0, 0.05) is 30.9 Å². The maximum absolute atomic E-state index is 5.33. The molecule has 19 heavy (non-hydrogen) atoms. The second-order valence-electron chi connectivity index (χ2n) is 5.15. The van der Waals surface area contributed by atoms with Crippen molar-refractivity contribution in [2.24, 2.45) is 0 Å². The van der Waals surface area contributed by atoms with Crippen LogP contribution in [0.25, 0.3) is 0 Å². The number of pyridine rings is 1. The minimum absolute atomic E-state index is 0.636. The summed E-state index contributed by atoms with van der Waals surface area (Å²) in [6.07, 6.45) is 5.74. The van der Waals surface area contributed by atoms with Crippen LogP contribution < -0.4 is 10.1 Å². The first-order valence-corrected chi connectivity index (χ1v) is 7.27. The number of ether oxygens (including phenoxy) is 1. The molecule has 1 saturated heterocycles. The highest BCUT2D eigenvalue weighted by molar-refractivity contribution is 5.25. The number of hydrogen-bond donors (Lipinski definition) is 1. The van der Waals surface area contributed by atoms with Crippen LogP contribution in [0.15, 0.2) is 18.3 Å². The normalized spacial score (nSPS) is 19.6. The van der Waals surface area contributed by atoms with Crippen LogP contribution >= 0.6 is 0 Å². The van der Waals surface area contributed by atoms with E-state index in [0.717, 1.165) is 25.5 Å². The van der Waals surface area contributed by atoms with E-state index in [2.05, 4.69) is 28.2 Å². The van der Waals surface area contributed by atoms with Crippen LogP contribution in [0.3, 0.4) is 0 Å². The molecule has 1 aliphatic heterocycles. The molecule has 2 rings (SSSR count). The van der Waals surface area contributed by atoms with Gasteiger partial charge in [-0.2, -0.15) is 0 Å². The lowest BCUT2D eigenvalue weighted by atomic mass is 10.0. The zero-order valence-electron chi connectivity index (χ0n) is 12.1. The van der Waals surface area contributed by atoms with Gasteiger partial charge in [0.25, 0.3) is 0 Å². The minimum Gasteiger partial charge on any atom is -0.481 e. The predicted molar refractivity (Wildman–Crippen MR) is 77.4 cm³/mol. The largest absolute Gasteiger partial charge is 0.481 e. The van der Waals surface area contributed by atoms with E-state index in [1.807, 2.05) is 6.07 Å². The molecule has 4 heteroatoms. The second-order valence-corrected chi connectivity index (χ2v) is 5.15. The average molecular weight is 263 g/mol. The molecule has 1 aromatic rings. The van der Waals surface area contributed by atoms with Gasteiger partial charge in [-0.1, -0.05) is 19.4 Å². The van der Waals surface area contributed by atoms with Crippen LogP contribution in [0.1, 0.15) is 31.7 Å². The number of hydrogen-bond acceptors (Lipinski definition) is 4. The van der Waals surface area contributed by atoms with Gasteiger partial charge in [-0.15, -0.1) is 0 Å². The monoisotopic (exact) mass is 263 g/mol. The number of piperidine rings is 1. The number of methoxy groups -OCH3 is 1. The van der Waals surface area contributed by atoms with Crippen molar-refractivity contribution >= 4 is 0 Å². The summed E-state index contributed by atoms with van der Waals surface area (Å²) in [5.41, 5.74) is 1.17. The highest BCUT2D eigenvalue weighted by Gasteiger charge is 2.17. The van der Waals surface area contributed by atoms with Crippen molar-refractivity contribution in [1.82, 2.24) is 15.2 Å². The molecule has 1 unspecified atom stereocenters. The molecular weight excluding hydrogens is 238 g/mol. The quantitative estimate of drug-likeness (QED) is 0.852. The summed E-state index contributed by atoms with van der Waals surface area (Å²) >= 11 is 0. The Morgan fingerprint density at radius 1 is 1.47 bits per heavy atom. The second kappa shape index (κ2) is 7.46. The Morgan fingerprint density at radius 3 is 3.05 bits per heavy atom. The van der Waals surface area contributed by atoms with Crippen molar-refractivity contribution in [2.45, 2.75) is 38.8 Å². The van der Waals surface area contributed by atoms with Crippen LogP contribution in [-0.4, -0.2) is 42.7 Å². The number of aromatic nitrogens is 1. The molecule has 1 aliphatic rings. The van der Waals surface area contributed by atoms with Gasteiger partial charge in [0.15, 0.2) is 0 Å². The third-order valence-corrected chi connectivity index (χ3v) is 3.78. The Morgan fingerprint density at radius 2 is 2.37 bits per heavy atom. The van der Waals surface area contributed by atoms with Gasteiger partial charge >= 0.3 is 0 Å². The van der Waals surface area contributed by atoms with Crippen LogP contribution in [0, 0.1) is 0 Å². The Bertz CT molecular complexity index is 377. The lowest BCUT2D eigenvalue weighted by molar-refractivity contribution is 0.223. The minimum atomic E-state index is 0.636. The van der Waals surface area contributed by atoms with E-state index in [-0.39, 0.29) is 0 Å². The number of rotatable bonds is 6. The van der Waals surface area contributed by atoms with E-state index < -0.39 is 0 Å². The van der Waals surface area contributed by atoms with E-state index in [4.69, 9.17) is 4.74 Å². The first-order valence-electron chi connectivity index (χ1n) is 7.27. The smallest absolute Gasteiger partial charge is 0.217 e. The Hall–Kier alpha value is -1.13. The van der Waals surface area contributed by atoms with Crippen molar-refractivity contribution in [3.63, 3.8) is 0 Å². The summed E-state index contributed by atoms with van der Waals surface area (Å²) in [7, 11) is 1.69. The standard InChI is InChI=1S/C15H25N3O/c1-3-18(12-14-8-4-5-9-16-14)11-13-7-6-10-17-15(13)19-2/h6-7,10,14,16H,3-5,8-9,11-12H2,1-2H3. The lowest BCUT2D eigenvalue weighted by Gasteiger charge is -2.30. The van der Waals surface area contributed by atoms with Crippen molar-refractivity contribution in [1.29, 1.82) is 0 Å². The first-order chi connectivity index (χ1) is 9.33. The average Bonchev–Trinajstić information content (AvgIpc) is 2.48. The Balaban J connectivity index is 1.94. The predicted octanol–water partition coefficient (Wildman–Crippen LogP) is 2.05. The summed E-state index contributed by atoms with van der Waals surface area (Å²) in [6, 6.07) is 4.71. The third kappa shape index (κ3) is 4.18. The van der Waals surface area contributed by atoms with Gasteiger partial charge in [0.05, 0.1) is 7.11 Å². The van der Waals surface area contributed by atoms with Crippen molar-refractivity contribution < 1.29 is 4.74 Å². The number of likely N-dealkylation sites (N-methyl/N-ethyl adjacent to an activating group) is 1. The molecule has 2 heterocycles. The molecule has 0 aliphatic carbocycles. The van der Waals surface area contributed by atoms with Gasteiger partial charge in [0.2, 0.25) is 5.88 Å². The zero-order valence-corrected chi connectivity index (χ0v) is 12.1. The summed E-state index contributed by atoms with van der Waals surface area (Å²) in [5.74, 6) is 0.748. The topological polar surface area (TPSA) is 37.4 Å². The van der Waals surface area contributed by atoms with Crippen molar-refractivity contribution in [2.75, 3.05) is 26.7 Å². The first kappa shape index (κ1) is 14.3. The van der Waals surface area contributed by atoms with Crippen molar-refractivity contribution in [3.8, 4) is 5.88 Å². The molecule has 1 fully saturated rings. The van der Waals surface area contributed by atoms with Gasteiger partial charge in [0.1, 0.15) is 0 Å². The molecule has 1 aromatic heterocycles. The SMILES string of the molecule is CCN(Cc1cccnc1OC)CC1CCCCN1. The number of nitrogens with zero attached hydrogens (tertiary/aromatic N) is 2. The molecular formula is C15H25N3O. The van der Waals surface area contributed by atoms with E-state index >= 15 is 0 Å². The fourth-order valence-corrected chi connectivity index (χ4v) is 2.67. The Kier molecular flexibility index (Phi) is 5.61. The molecule has 1 N–H and O–H groups in total. The van der Waals surface area contributed by atoms with E-state index in [9.17, 15) is 0 Å². The fraction of sp³-hybridized carbons (Fsp3) is 0.667. The molecule has 1 atom stereocenters. The molecule has 4 nitrogen and oxygen atoms in total. The maximum Gasteiger partial charge on any atom is 0.217 e. The molecule has 0 amide bonds. The number of nitrogens with one attached hydrogen (secondary N) is 1. The third-order valence-electron chi connectivity index (χ3n) is 3.78. The van der Waals surface area contributed by atoms with E-state index in [1.165, 1.54) is 31.4 Å². The highest BCUT2D eigenvalue weighted by atomic mass is 16.5. The summed E-state index contributed by atoms with van der Waals surface area (Å²) in [5, 5.41) is 3.61. The maximum atomic E-state index is 5.33. The highest BCUT2D eigenvalue weighted by Crippen LogP contribution is 2.17. The molecule has 0 bridgehead atoms. The van der Waals surface area contributed by atoms with Crippen LogP contribution in [0.5, 0.6) is 5.88 Å². The Labute approximate surface area is 116 Å². The van der Waals surface area contributed by atoms with Gasteiger partial charge in [-0.25, -0.2) is 4.98 Å². The van der Waals surface area contributed by atoms with Crippen molar-refractivity contribution in [3.05, 3.63) is 23.9 Å². The summed E-state index contributed by atoms with van der Waals surface area (Å²) in [4.78, 5) is 6.73. The molecule has 0 radical (unpaired) electrons. The molecule has 106 valence electrons. The fourth-order valence-electron chi connectivity index (χ4n) is 2.67. The van der Waals surface area contributed by atoms with Gasteiger partial charge in [-0.3, -0.25) is 4.90 Å². The van der Waals surface area contributed by atoms with Crippen LogP contribution in [0.4, 0.5) is 0 Å². The summed E-state index contributed by atoms with van der Waals surface area (Å²) in [6.45, 7) is 6.45. The van der Waals surface area contributed by atoms with E-state index in [1.54, 1.807) is 13.3 Å². The van der Waals surface area contributed by atoms with Gasteiger partial charge < -0.3 is 10.1 Å². The van der Waals surface area contributed by atoms with Gasteiger partial charge in [-0.05, 0) is 32.0 Å². The molecule has 0 aromatic carbocycles. The van der Waals surface area contributed by atoms with Crippen LogP contribution in [0.2, 0.25) is 0 Å². The lowest BCUT2D eigenvalue weighted by Crippen LogP contribution is -2.43. The zero-order chi connectivity index (χ0) is 13.5. The molecule has 0 spiro atoms. The summed E-state index contributed by atoms with van der Waals surface area (Å²) < 4.78 is 5.33.